The Bertz CT molecular complexity index is 1590. The zero-order valence-electron chi connectivity index (χ0n) is 19.2. The Balaban J connectivity index is 1.48. The highest BCUT2D eigenvalue weighted by molar-refractivity contribution is 6.25. The number of nitrogens with zero attached hydrogens (tertiary/aromatic N) is 1. The summed E-state index contributed by atoms with van der Waals surface area (Å²) in [7, 11) is 0. The zero-order valence-corrected chi connectivity index (χ0v) is 19.2. The van der Waals surface area contributed by atoms with Gasteiger partial charge < -0.3 is 4.74 Å². The molecule has 0 spiro atoms. The molecule has 1 saturated heterocycles. The van der Waals surface area contributed by atoms with Gasteiger partial charge >= 0.3 is 5.97 Å². The summed E-state index contributed by atoms with van der Waals surface area (Å²) in [4.78, 5) is 42.6. The van der Waals surface area contributed by atoms with E-state index in [0.717, 1.165) is 27.5 Å². The zero-order chi connectivity index (χ0) is 24.4. The first-order valence-electron chi connectivity index (χ1n) is 12.1. The van der Waals surface area contributed by atoms with Gasteiger partial charge in [0.25, 0.3) is 0 Å². The van der Waals surface area contributed by atoms with Crippen molar-refractivity contribution >= 4 is 39.8 Å². The Morgan fingerprint density at radius 3 is 2.11 bits per heavy atom. The van der Waals surface area contributed by atoms with E-state index in [2.05, 4.69) is 0 Å². The van der Waals surface area contributed by atoms with E-state index in [-0.39, 0.29) is 17.7 Å². The maximum atomic E-state index is 14.0. The van der Waals surface area contributed by atoms with Crippen molar-refractivity contribution in [3.05, 3.63) is 114 Å². The van der Waals surface area contributed by atoms with Gasteiger partial charge in [0, 0.05) is 11.5 Å². The van der Waals surface area contributed by atoms with E-state index in [1.54, 1.807) is 24.3 Å². The van der Waals surface area contributed by atoms with Crippen LogP contribution in [0.3, 0.4) is 0 Å². The molecular formula is C31H21NO4. The van der Waals surface area contributed by atoms with Gasteiger partial charge in [-0.1, -0.05) is 84.9 Å². The smallest absolute Gasteiger partial charge is 0.319 e. The van der Waals surface area contributed by atoms with Crippen molar-refractivity contribution in [2.45, 2.75) is 5.92 Å². The summed E-state index contributed by atoms with van der Waals surface area (Å²) in [6.07, 6.45) is 2.03. The molecule has 5 nitrogen and oxygen atoms in total. The van der Waals surface area contributed by atoms with E-state index in [4.69, 9.17) is 4.74 Å². The van der Waals surface area contributed by atoms with Crippen LogP contribution in [0.5, 0.6) is 5.75 Å². The lowest BCUT2D eigenvalue weighted by atomic mass is 9.64. The Hall–Kier alpha value is -4.51. The SMILES string of the molecule is O=C1Oc2ccc3ccccc3c2C2=C[C@H](c3ccccc3)[C@@H]3C(=O)N(c4ccccc4)C(=O)[C@@H]3[C@H]12. The molecular weight excluding hydrogens is 450 g/mol. The van der Waals surface area contributed by atoms with Gasteiger partial charge in [0.15, 0.2) is 0 Å². The molecule has 174 valence electrons. The van der Waals surface area contributed by atoms with Crippen LogP contribution in [0, 0.1) is 17.8 Å². The van der Waals surface area contributed by atoms with Crippen molar-refractivity contribution in [3.8, 4) is 5.75 Å². The number of anilines is 1. The Labute approximate surface area is 207 Å². The average Bonchev–Trinajstić information content (AvgIpc) is 3.18. The van der Waals surface area contributed by atoms with Crippen LogP contribution in [0.1, 0.15) is 17.0 Å². The van der Waals surface area contributed by atoms with Gasteiger partial charge in [-0.05, 0) is 40.1 Å². The monoisotopic (exact) mass is 471 g/mol. The van der Waals surface area contributed by atoms with Crippen molar-refractivity contribution in [1.82, 2.24) is 0 Å². The lowest BCUT2D eigenvalue weighted by Crippen LogP contribution is -2.42. The van der Waals surface area contributed by atoms with Crippen LogP contribution < -0.4 is 9.64 Å². The molecule has 0 radical (unpaired) electrons. The number of imide groups is 1. The number of hydrogen-bond acceptors (Lipinski definition) is 4. The molecule has 2 aliphatic heterocycles. The van der Waals surface area contributed by atoms with Crippen molar-refractivity contribution in [1.29, 1.82) is 0 Å². The van der Waals surface area contributed by atoms with Crippen LogP contribution in [0.25, 0.3) is 16.3 Å². The summed E-state index contributed by atoms with van der Waals surface area (Å²) in [5.41, 5.74) is 3.06. The standard InChI is InChI=1S/C31H21NO4/c33-29-26-22(18-9-3-1-4-10-18)17-23-25-21-14-8-7-11-19(21)15-16-24(25)36-31(35)27(23)28(26)30(34)32(29)20-12-5-2-6-13-20/h1-17,22,26-28H/t22-,26+,27-,28+/m1/s1. The lowest BCUT2D eigenvalue weighted by Gasteiger charge is -2.38. The highest BCUT2D eigenvalue weighted by atomic mass is 16.5. The predicted molar refractivity (Wildman–Crippen MR) is 136 cm³/mol. The third-order valence-corrected chi connectivity index (χ3v) is 7.68. The van der Waals surface area contributed by atoms with Crippen LogP contribution in [0.15, 0.2) is 103 Å². The first-order chi connectivity index (χ1) is 17.6. The predicted octanol–water partition coefficient (Wildman–Crippen LogP) is 5.36. The molecule has 2 amide bonds. The third kappa shape index (κ3) is 2.86. The summed E-state index contributed by atoms with van der Waals surface area (Å²) in [6, 6.07) is 30.4. The average molecular weight is 472 g/mol. The Morgan fingerprint density at radius 2 is 1.33 bits per heavy atom. The summed E-state index contributed by atoms with van der Waals surface area (Å²) in [6.45, 7) is 0. The summed E-state index contributed by atoms with van der Waals surface area (Å²) < 4.78 is 5.82. The molecule has 0 aromatic heterocycles. The number of carbonyl (C=O) groups excluding carboxylic acids is 3. The maximum Gasteiger partial charge on any atom is 0.319 e. The first kappa shape index (κ1) is 20.8. The minimum Gasteiger partial charge on any atom is -0.425 e. The maximum absolute atomic E-state index is 14.0. The number of para-hydroxylation sites is 1. The number of hydrogen-bond donors (Lipinski definition) is 0. The molecule has 1 aliphatic carbocycles. The lowest BCUT2D eigenvalue weighted by molar-refractivity contribution is -0.142. The van der Waals surface area contributed by atoms with E-state index < -0.39 is 23.7 Å². The number of rotatable bonds is 2. The fourth-order valence-corrected chi connectivity index (χ4v) is 6.16. The second-order valence-corrected chi connectivity index (χ2v) is 9.52. The number of benzene rings is 4. The van der Waals surface area contributed by atoms with E-state index in [9.17, 15) is 14.4 Å². The molecule has 5 heteroatoms. The highest BCUT2D eigenvalue weighted by Gasteiger charge is 2.60. The number of allylic oxidation sites excluding steroid dienone is 1. The van der Waals surface area contributed by atoms with Gasteiger partial charge in [-0.25, -0.2) is 4.90 Å². The molecule has 1 fully saturated rings. The Morgan fingerprint density at radius 1 is 0.667 bits per heavy atom. The van der Waals surface area contributed by atoms with Crippen molar-refractivity contribution in [2.75, 3.05) is 4.90 Å². The molecule has 2 heterocycles. The molecule has 0 N–H and O–H groups in total. The van der Waals surface area contributed by atoms with Crippen molar-refractivity contribution in [2.24, 2.45) is 17.8 Å². The number of esters is 1. The Kier molecular flexibility index (Phi) is 4.48. The molecule has 0 saturated carbocycles. The van der Waals surface area contributed by atoms with E-state index >= 15 is 0 Å². The van der Waals surface area contributed by atoms with Crippen LogP contribution >= 0.6 is 0 Å². The van der Waals surface area contributed by atoms with Crippen LogP contribution in [-0.4, -0.2) is 17.8 Å². The van der Waals surface area contributed by atoms with Gasteiger partial charge in [-0.15, -0.1) is 0 Å². The summed E-state index contributed by atoms with van der Waals surface area (Å²) in [5.74, 6) is -3.38. The largest absolute Gasteiger partial charge is 0.425 e. The molecule has 0 bridgehead atoms. The van der Waals surface area contributed by atoms with E-state index in [1.165, 1.54) is 4.90 Å². The second kappa shape index (κ2) is 7.75. The van der Waals surface area contributed by atoms with Gasteiger partial charge in [-0.3, -0.25) is 14.4 Å². The topological polar surface area (TPSA) is 63.7 Å². The molecule has 36 heavy (non-hydrogen) atoms. The van der Waals surface area contributed by atoms with Crippen molar-refractivity contribution < 1.29 is 19.1 Å². The van der Waals surface area contributed by atoms with Crippen LogP contribution in [0.4, 0.5) is 5.69 Å². The quantitative estimate of drug-likeness (QED) is 0.224. The van der Waals surface area contributed by atoms with Crippen LogP contribution in [-0.2, 0) is 14.4 Å². The first-order valence-corrected chi connectivity index (χ1v) is 12.1. The molecule has 4 aromatic carbocycles. The summed E-state index contributed by atoms with van der Waals surface area (Å²) in [5, 5.41) is 1.98. The molecule has 0 unspecified atom stereocenters. The molecule has 7 rings (SSSR count). The normalized spacial score (nSPS) is 24.6. The summed E-state index contributed by atoms with van der Waals surface area (Å²) >= 11 is 0. The van der Waals surface area contributed by atoms with E-state index in [0.29, 0.717) is 11.4 Å². The van der Waals surface area contributed by atoms with Gasteiger partial charge in [0.05, 0.1) is 23.4 Å². The molecule has 4 aromatic rings. The van der Waals surface area contributed by atoms with Crippen molar-refractivity contribution in [3.63, 3.8) is 0 Å². The fraction of sp³-hybridized carbons (Fsp3) is 0.129. The minimum atomic E-state index is -0.849. The fourth-order valence-electron chi connectivity index (χ4n) is 6.16. The highest BCUT2D eigenvalue weighted by Crippen LogP contribution is 2.55. The number of carbonyl (C=O) groups is 3. The molecule has 4 atom stereocenters. The van der Waals surface area contributed by atoms with E-state index in [1.807, 2.05) is 78.9 Å². The van der Waals surface area contributed by atoms with Gasteiger partial charge in [0.1, 0.15) is 5.75 Å². The number of amides is 2. The van der Waals surface area contributed by atoms with Gasteiger partial charge in [0.2, 0.25) is 11.8 Å². The minimum absolute atomic E-state index is 0.281. The van der Waals surface area contributed by atoms with Crippen LogP contribution in [0.2, 0.25) is 0 Å². The van der Waals surface area contributed by atoms with Gasteiger partial charge in [-0.2, -0.15) is 0 Å². The third-order valence-electron chi connectivity index (χ3n) is 7.68. The number of ether oxygens (including phenoxy) is 1. The second-order valence-electron chi connectivity index (χ2n) is 9.52. The number of fused-ring (bicyclic) bond motifs is 7. The molecule has 3 aliphatic rings.